The molecule has 4 rings (SSSR count). The third kappa shape index (κ3) is 5.86. The molecule has 0 aliphatic carbocycles. The molecule has 0 spiro atoms. The van der Waals surface area contributed by atoms with Gasteiger partial charge < -0.3 is 20.5 Å². The van der Waals surface area contributed by atoms with Gasteiger partial charge in [0.15, 0.2) is 16.6 Å². The fraction of sp³-hybridized carbons (Fsp3) is 0.207. The van der Waals surface area contributed by atoms with Crippen molar-refractivity contribution >= 4 is 40.0 Å². The molecule has 0 saturated carbocycles. The molecule has 0 saturated heterocycles. The molecule has 0 bridgehead atoms. The predicted molar refractivity (Wildman–Crippen MR) is 157 cm³/mol. The van der Waals surface area contributed by atoms with Gasteiger partial charge in [0.25, 0.3) is 0 Å². The standard InChI is InChI=1S/C29H26N6O3S2/c1-5-17-6-8-18(9-7-17)25-20(13-30)26(32)34-28(21(25)14-31)40-16(2)27(36)35-29-33-22(15-39-29)19-10-11-23(37-3)24(12-19)38-4/h6-12,15-16H,5H2,1-4H3,(H2,32,34)(H,33,35,36). The van der Waals surface area contributed by atoms with Crippen LogP contribution in [0.1, 0.15) is 30.5 Å². The number of nitrogens with one attached hydrogen (secondary N) is 1. The van der Waals surface area contributed by atoms with E-state index in [-0.39, 0.29) is 27.9 Å². The Kier molecular flexibility index (Phi) is 8.90. The number of nitriles is 2. The maximum Gasteiger partial charge on any atom is 0.239 e. The highest BCUT2D eigenvalue weighted by atomic mass is 32.2. The number of carbonyl (C=O) groups excluding carboxylic acids is 1. The van der Waals surface area contributed by atoms with E-state index in [2.05, 4.69) is 27.4 Å². The highest BCUT2D eigenvalue weighted by Crippen LogP contribution is 2.38. The zero-order valence-corrected chi connectivity index (χ0v) is 23.9. The van der Waals surface area contributed by atoms with E-state index in [0.717, 1.165) is 29.3 Å². The Morgan fingerprint density at radius 3 is 2.35 bits per heavy atom. The van der Waals surface area contributed by atoms with Crippen LogP contribution in [-0.4, -0.2) is 35.3 Å². The van der Waals surface area contributed by atoms with Crippen LogP contribution in [0.2, 0.25) is 0 Å². The molecule has 2 aromatic heterocycles. The Hall–Kier alpha value is -4.58. The molecule has 1 amide bonds. The number of rotatable bonds is 9. The number of ether oxygens (including phenoxy) is 2. The number of methoxy groups -OCH3 is 2. The van der Waals surface area contributed by atoms with Crippen molar-refractivity contribution in [2.45, 2.75) is 30.5 Å². The van der Waals surface area contributed by atoms with Gasteiger partial charge in [-0.1, -0.05) is 43.0 Å². The summed E-state index contributed by atoms with van der Waals surface area (Å²) in [4.78, 5) is 21.9. The summed E-state index contributed by atoms with van der Waals surface area (Å²) in [6.07, 6.45) is 0.859. The lowest BCUT2D eigenvalue weighted by Crippen LogP contribution is -2.22. The summed E-state index contributed by atoms with van der Waals surface area (Å²) in [7, 11) is 3.13. The quantitative estimate of drug-likeness (QED) is 0.235. The normalized spacial score (nSPS) is 11.2. The molecule has 2 heterocycles. The van der Waals surface area contributed by atoms with Crippen LogP contribution in [0.3, 0.4) is 0 Å². The number of pyridine rings is 1. The van der Waals surface area contributed by atoms with Crippen LogP contribution >= 0.6 is 23.1 Å². The summed E-state index contributed by atoms with van der Waals surface area (Å²) in [6.45, 7) is 3.75. The molecule has 9 nitrogen and oxygen atoms in total. The second kappa shape index (κ2) is 12.5. The van der Waals surface area contributed by atoms with Crippen LogP contribution in [0.4, 0.5) is 10.9 Å². The molecule has 202 valence electrons. The molecule has 0 fully saturated rings. The lowest BCUT2D eigenvalue weighted by atomic mass is 9.96. The van der Waals surface area contributed by atoms with Gasteiger partial charge in [-0.3, -0.25) is 4.79 Å². The van der Waals surface area contributed by atoms with Crippen molar-refractivity contribution in [3.63, 3.8) is 0 Å². The fourth-order valence-electron chi connectivity index (χ4n) is 3.97. The number of thioether (sulfide) groups is 1. The van der Waals surface area contributed by atoms with Gasteiger partial charge in [0.1, 0.15) is 28.5 Å². The van der Waals surface area contributed by atoms with Crippen molar-refractivity contribution in [1.29, 1.82) is 10.5 Å². The molecule has 11 heteroatoms. The van der Waals surface area contributed by atoms with E-state index < -0.39 is 5.25 Å². The van der Waals surface area contributed by atoms with Crippen LogP contribution < -0.4 is 20.5 Å². The molecule has 3 N–H and O–H groups in total. The Balaban J connectivity index is 1.57. The Morgan fingerprint density at radius 2 is 1.73 bits per heavy atom. The second-order valence-electron chi connectivity index (χ2n) is 8.56. The van der Waals surface area contributed by atoms with Gasteiger partial charge in [0.2, 0.25) is 5.91 Å². The Labute approximate surface area is 240 Å². The van der Waals surface area contributed by atoms with E-state index >= 15 is 0 Å². The third-order valence-electron chi connectivity index (χ3n) is 6.14. The van der Waals surface area contributed by atoms with Crippen LogP contribution in [0, 0.1) is 22.7 Å². The average Bonchev–Trinajstić information content (AvgIpc) is 3.44. The smallest absolute Gasteiger partial charge is 0.239 e. The number of carbonyl (C=O) groups is 1. The van der Waals surface area contributed by atoms with E-state index in [4.69, 9.17) is 15.2 Å². The van der Waals surface area contributed by atoms with Gasteiger partial charge in [-0.2, -0.15) is 10.5 Å². The zero-order chi connectivity index (χ0) is 28.8. The van der Waals surface area contributed by atoms with Crippen molar-refractivity contribution in [3.8, 4) is 46.0 Å². The van der Waals surface area contributed by atoms with Crippen LogP contribution in [0.25, 0.3) is 22.4 Å². The number of nitrogens with zero attached hydrogens (tertiary/aromatic N) is 4. The minimum Gasteiger partial charge on any atom is -0.493 e. The van der Waals surface area contributed by atoms with Gasteiger partial charge in [-0.25, -0.2) is 9.97 Å². The van der Waals surface area contributed by atoms with Crippen molar-refractivity contribution in [2.24, 2.45) is 0 Å². The van der Waals surface area contributed by atoms with Crippen LogP contribution in [0.5, 0.6) is 11.5 Å². The summed E-state index contributed by atoms with van der Waals surface area (Å²) in [5.41, 5.74) is 10.2. The monoisotopic (exact) mass is 570 g/mol. The first-order valence-electron chi connectivity index (χ1n) is 12.2. The molecule has 0 aliphatic heterocycles. The molecular weight excluding hydrogens is 544 g/mol. The van der Waals surface area contributed by atoms with Gasteiger partial charge in [0.05, 0.1) is 30.7 Å². The molecule has 0 aliphatic rings. The molecule has 40 heavy (non-hydrogen) atoms. The number of amides is 1. The van der Waals surface area contributed by atoms with E-state index in [0.29, 0.717) is 33.5 Å². The first-order valence-corrected chi connectivity index (χ1v) is 14.0. The number of benzene rings is 2. The molecule has 2 aromatic carbocycles. The Bertz CT molecular complexity index is 1640. The Morgan fingerprint density at radius 1 is 1.05 bits per heavy atom. The zero-order valence-electron chi connectivity index (χ0n) is 22.3. The number of nitrogen functional groups attached to an aromatic ring is 1. The third-order valence-corrected chi connectivity index (χ3v) is 7.98. The average molecular weight is 571 g/mol. The summed E-state index contributed by atoms with van der Waals surface area (Å²) in [5.74, 6) is 0.869. The van der Waals surface area contributed by atoms with E-state index in [1.54, 1.807) is 27.2 Å². The van der Waals surface area contributed by atoms with Gasteiger partial charge in [0, 0.05) is 16.5 Å². The summed E-state index contributed by atoms with van der Waals surface area (Å²) >= 11 is 2.38. The summed E-state index contributed by atoms with van der Waals surface area (Å²) in [6, 6.07) is 17.3. The number of hydrogen-bond acceptors (Lipinski definition) is 10. The first kappa shape index (κ1) is 28.4. The van der Waals surface area contributed by atoms with Crippen LogP contribution in [-0.2, 0) is 11.2 Å². The molecule has 0 radical (unpaired) electrons. The van der Waals surface area contributed by atoms with Crippen molar-refractivity contribution in [1.82, 2.24) is 9.97 Å². The van der Waals surface area contributed by atoms with E-state index in [1.165, 1.54) is 11.3 Å². The van der Waals surface area contributed by atoms with Crippen molar-refractivity contribution in [2.75, 3.05) is 25.3 Å². The minimum absolute atomic E-state index is 0.00524. The topological polar surface area (TPSA) is 147 Å². The molecular formula is C29H26N6O3S2. The minimum atomic E-state index is -0.643. The predicted octanol–water partition coefficient (Wildman–Crippen LogP) is 5.90. The van der Waals surface area contributed by atoms with Crippen LogP contribution in [0.15, 0.2) is 52.9 Å². The number of thiazole rings is 1. The largest absolute Gasteiger partial charge is 0.493 e. The first-order chi connectivity index (χ1) is 19.3. The fourth-order valence-corrected chi connectivity index (χ4v) is 5.61. The molecule has 4 aromatic rings. The summed E-state index contributed by atoms with van der Waals surface area (Å²) < 4.78 is 10.7. The highest BCUT2D eigenvalue weighted by Gasteiger charge is 2.24. The molecule has 1 atom stereocenters. The van der Waals surface area contributed by atoms with Gasteiger partial charge in [-0.05, 0) is 42.7 Å². The van der Waals surface area contributed by atoms with Gasteiger partial charge >= 0.3 is 0 Å². The lowest BCUT2D eigenvalue weighted by molar-refractivity contribution is -0.115. The SMILES string of the molecule is CCc1ccc(-c2c(C#N)c(N)nc(SC(C)C(=O)Nc3nc(-c4ccc(OC)c(OC)c4)cs3)c2C#N)cc1. The van der Waals surface area contributed by atoms with E-state index in [1.807, 2.05) is 48.7 Å². The van der Waals surface area contributed by atoms with Gasteiger partial charge in [-0.15, -0.1) is 11.3 Å². The molecule has 1 unspecified atom stereocenters. The van der Waals surface area contributed by atoms with E-state index in [9.17, 15) is 15.3 Å². The highest BCUT2D eigenvalue weighted by molar-refractivity contribution is 8.00. The number of anilines is 2. The number of hydrogen-bond donors (Lipinski definition) is 2. The maximum absolute atomic E-state index is 13.1. The number of aromatic nitrogens is 2. The number of nitrogens with two attached hydrogens (primary N) is 1. The van der Waals surface area contributed by atoms with Crippen molar-refractivity contribution in [3.05, 3.63) is 64.5 Å². The summed E-state index contributed by atoms with van der Waals surface area (Å²) in [5, 5.41) is 24.6. The number of aryl methyl sites for hydroxylation is 1. The lowest BCUT2D eigenvalue weighted by Gasteiger charge is -2.15. The maximum atomic E-state index is 13.1. The van der Waals surface area contributed by atoms with Crippen molar-refractivity contribution < 1.29 is 14.3 Å². The second-order valence-corrected chi connectivity index (χ2v) is 10.7.